The molecular formula is C3H6O2S. The summed E-state index contributed by atoms with van der Waals surface area (Å²) in [7, 11) is 0. The summed E-state index contributed by atoms with van der Waals surface area (Å²) in [6.07, 6.45) is 0.750. The van der Waals surface area contributed by atoms with Crippen LogP contribution in [0.5, 0.6) is 0 Å². The smallest absolute Gasteiger partial charge is 0.173 e. The molecule has 0 amide bonds. The first-order valence-electron chi connectivity index (χ1n) is 1.31. The highest BCUT2D eigenvalue weighted by atomic mass is 32.1. The summed E-state index contributed by atoms with van der Waals surface area (Å²) < 4.78 is 0. The summed E-state index contributed by atoms with van der Waals surface area (Å²) in [5, 5.41) is 0. The van der Waals surface area contributed by atoms with Gasteiger partial charge in [0.2, 0.25) is 0 Å². The third-order valence-electron chi connectivity index (χ3n) is 0. The summed E-state index contributed by atoms with van der Waals surface area (Å²) >= 11 is 3.11. The third-order valence-corrected chi connectivity index (χ3v) is 0. The second kappa shape index (κ2) is 22.4. The predicted molar refractivity (Wildman–Crippen MR) is 27.5 cm³/mol. The monoisotopic (exact) mass is 106 g/mol. The fraction of sp³-hybridized carbons (Fsp3) is 0.333. The van der Waals surface area contributed by atoms with Gasteiger partial charge in [0.25, 0.3) is 0 Å². The van der Waals surface area contributed by atoms with Gasteiger partial charge in [0.05, 0.1) is 0 Å². The fourth-order valence-corrected chi connectivity index (χ4v) is 0. The second-order valence-electron chi connectivity index (χ2n) is 0.341. The average Bonchev–Trinajstić information content (AvgIpc) is 1.39. The third kappa shape index (κ3) is 278. The van der Waals surface area contributed by atoms with Crippen molar-refractivity contribution in [3.63, 3.8) is 0 Å². The largest absolute Gasteiger partial charge is 0.304 e. The van der Waals surface area contributed by atoms with E-state index < -0.39 is 0 Å². The van der Waals surface area contributed by atoms with E-state index in [-0.39, 0.29) is 0 Å². The Morgan fingerprint density at radius 1 is 1.50 bits per heavy atom. The first-order chi connectivity index (χ1) is 2.83. The Hall–Kier alpha value is -0.310. The number of rotatable bonds is 0. The molecule has 0 aromatic heterocycles. The number of hydrogen-bond donors (Lipinski definition) is 1. The van der Waals surface area contributed by atoms with Crippen LogP contribution in [0.3, 0.4) is 0 Å². The molecule has 3 heteroatoms. The summed E-state index contributed by atoms with van der Waals surface area (Å²) in [6.45, 7) is 1.44. The SMILES string of the molecule is CC=O.O=CS. The molecule has 0 heterocycles. The molecule has 0 aliphatic heterocycles. The minimum atomic E-state index is 0.444. The summed E-state index contributed by atoms with van der Waals surface area (Å²) in [6, 6.07) is 0. The maximum absolute atomic E-state index is 8.81. The minimum Gasteiger partial charge on any atom is -0.304 e. The maximum atomic E-state index is 8.81. The van der Waals surface area contributed by atoms with Crippen LogP contribution in [0.15, 0.2) is 0 Å². The van der Waals surface area contributed by atoms with Crippen LogP contribution in [0.4, 0.5) is 0 Å². The molecule has 0 saturated heterocycles. The summed E-state index contributed by atoms with van der Waals surface area (Å²) in [5.74, 6) is 0. The van der Waals surface area contributed by atoms with Crippen LogP contribution >= 0.6 is 12.6 Å². The van der Waals surface area contributed by atoms with E-state index in [0.717, 1.165) is 6.29 Å². The van der Waals surface area contributed by atoms with E-state index in [2.05, 4.69) is 12.6 Å². The number of thiol groups is 1. The topological polar surface area (TPSA) is 34.1 Å². The van der Waals surface area contributed by atoms with Crippen LogP contribution in [-0.2, 0) is 9.59 Å². The standard InChI is InChI=1S/C2H4O.CH2OS/c1-2-3;2-1-3/h2H,1H3;1H,(H,2,3). The van der Waals surface area contributed by atoms with Gasteiger partial charge in [-0.3, -0.25) is 4.79 Å². The van der Waals surface area contributed by atoms with Gasteiger partial charge < -0.3 is 4.79 Å². The van der Waals surface area contributed by atoms with E-state index in [4.69, 9.17) is 9.59 Å². The minimum absolute atomic E-state index is 0.444. The van der Waals surface area contributed by atoms with Crippen molar-refractivity contribution in [1.82, 2.24) is 0 Å². The van der Waals surface area contributed by atoms with Gasteiger partial charge in [-0.2, -0.15) is 0 Å². The highest BCUT2D eigenvalue weighted by Gasteiger charge is 1.24. The number of hydrogen-bond acceptors (Lipinski definition) is 2. The Kier molecular flexibility index (Phi) is 34.3. The van der Waals surface area contributed by atoms with Crippen LogP contribution in [-0.4, -0.2) is 11.9 Å². The Labute approximate surface area is 42.0 Å². The Balaban J connectivity index is 0. The number of carbonyl (C=O) groups is 2. The van der Waals surface area contributed by atoms with Crippen LogP contribution in [0.1, 0.15) is 6.92 Å². The van der Waals surface area contributed by atoms with E-state index >= 15 is 0 Å². The average molecular weight is 106 g/mol. The van der Waals surface area contributed by atoms with Crippen molar-refractivity contribution in [2.24, 2.45) is 0 Å². The zero-order valence-corrected chi connectivity index (χ0v) is 4.31. The molecule has 0 unspecified atom stereocenters. The Morgan fingerprint density at radius 2 is 1.50 bits per heavy atom. The van der Waals surface area contributed by atoms with Gasteiger partial charge in [-0.05, 0) is 6.92 Å². The van der Waals surface area contributed by atoms with Crippen molar-refractivity contribution in [2.45, 2.75) is 6.92 Å². The number of aldehydes is 1. The van der Waals surface area contributed by atoms with Gasteiger partial charge in [0, 0.05) is 0 Å². The number of carbonyl (C=O) groups excluding carboxylic acids is 2. The van der Waals surface area contributed by atoms with Crippen molar-refractivity contribution in [2.75, 3.05) is 0 Å². The highest BCUT2D eigenvalue weighted by Crippen LogP contribution is 1.39. The predicted octanol–water partition coefficient (Wildman–Crippen LogP) is 0.312. The molecule has 0 radical (unpaired) electrons. The van der Waals surface area contributed by atoms with Crippen LogP contribution in [0.2, 0.25) is 0 Å². The molecule has 0 fully saturated rings. The van der Waals surface area contributed by atoms with E-state index in [1.54, 1.807) is 0 Å². The van der Waals surface area contributed by atoms with Crippen molar-refractivity contribution in [3.05, 3.63) is 0 Å². The van der Waals surface area contributed by atoms with E-state index in [0.29, 0.717) is 5.62 Å². The first-order valence-corrected chi connectivity index (χ1v) is 1.82. The van der Waals surface area contributed by atoms with E-state index in [1.807, 2.05) is 0 Å². The van der Waals surface area contributed by atoms with Crippen molar-refractivity contribution in [1.29, 1.82) is 0 Å². The molecule has 0 aliphatic carbocycles. The molecule has 0 aromatic carbocycles. The lowest BCUT2D eigenvalue weighted by Crippen LogP contribution is -1.36. The first kappa shape index (κ1) is 9.19. The van der Waals surface area contributed by atoms with Gasteiger partial charge in [-0.1, -0.05) is 0 Å². The molecule has 0 saturated carbocycles. The highest BCUT2D eigenvalue weighted by molar-refractivity contribution is 7.94. The molecule has 0 spiro atoms. The fourth-order valence-electron chi connectivity index (χ4n) is 0. The van der Waals surface area contributed by atoms with Gasteiger partial charge in [-0.15, -0.1) is 12.6 Å². The molecule has 0 rings (SSSR count). The molecule has 0 aromatic rings. The molecule has 0 atom stereocenters. The van der Waals surface area contributed by atoms with Crippen LogP contribution in [0.25, 0.3) is 0 Å². The van der Waals surface area contributed by atoms with Gasteiger partial charge >= 0.3 is 0 Å². The molecule has 0 bridgehead atoms. The van der Waals surface area contributed by atoms with Crippen LogP contribution in [0, 0.1) is 0 Å². The van der Waals surface area contributed by atoms with Crippen molar-refractivity contribution < 1.29 is 9.59 Å². The summed E-state index contributed by atoms with van der Waals surface area (Å²) in [5.41, 5.74) is 0.444. The zero-order valence-electron chi connectivity index (χ0n) is 3.42. The normalized spacial score (nSPS) is 4.33. The lowest BCUT2D eigenvalue weighted by atomic mass is 11.0. The van der Waals surface area contributed by atoms with E-state index in [9.17, 15) is 0 Å². The Bertz CT molecular complexity index is 29.8. The van der Waals surface area contributed by atoms with Gasteiger partial charge in [-0.25, -0.2) is 0 Å². The summed E-state index contributed by atoms with van der Waals surface area (Å²) in [4.78, 5) is 17.5. The lowest BCUT2D eigenvalue weighted by Gasteiger charge is -1.24. The zero-order chi connectivity index (χ0) is 5.41. The molecule has 0 N–H and O–H groups in total. The van der Waals surface area contributed by atoms with Crippen molar-refractivity contribution in [3.8, 4) is 0 Å². The van der Waals surface area contributed by atoms with Crippen LogP contribution < -0.4 is 0 Å². The molecule has 0 aliphatic rings. The quantitative estimate of drug-likeness (QED) is 0.356. The van der Waals surface area contributed by atoms with E-state index in [1.165, 1.54) is 6.92 Å². The Morgan fingerprint density at radius 3 is 1.50 bits per heavy atom. The molecular weight excluding hydrogens is 100 g/mol. The second-order valence-corrected chi connectivity index (χ2v) is 0.552. The molecule has 36 valence electrons. The van der Waals surface area contributed by atoms with Gasteiger partial charge in [0.15, 0.2) is 5.62 Å². The van der Waals surface area contributed by atoms with Gasteiger partial charge in [0.1, 0.15) is 6.29 Å². The lowest BCUT2D eigenvalue weighted by molar-refractivity contribution is -0.106. The molecule has 6 heavy (non-hydrogen) atoms. The van der Waals surface area contributed by atoms with Crippen molar-refractivity contribution >= 4 is 24.5 Å². The maximum Gasteiger partial charge on any atom is 0.173 e. The molecule has 2 nitrogen and oxygen atoms in total.